The predicted octanol–water partition coefficient (Wildman–Crippen LogP) is 5.06. The molecule has 0 spiro atoms. The lowest BCUT2D eigenvalue weighted by Gasteiger charge is -2.40. The summed E-state index contributed by atoms with van der Waals surface area (Å²) in [5, 5.41) is 70.2. The van der Waals surface area contributed by atoms with Gasteiger partial charge in [-0.2, -0.15) is 0 Å². The maximum Gasteiger partial charge on any atom is 0.186 e. The number of hydrogen-bond donors (Lipinski definition) is 8. The van der Waals surface area contributed by atoms with Crippen LogP contribution < -0.4 is 10.6 Å². The van der Waals surface area contributed by atoms with Gasteiger partial charge in [-0.15, -0.1) is 0 Å². The monoisotopic (exact) mass is 745 g/mol. The molecule has 0 saturated carbocycles. The van der Waals surface area contributed by atoms with E-state index in [2.05, 4.69) is 17.6 Å². The van der Waals surface area contributed by atoms with Gasteiger partial charge in [0.2, 0.25) is 0 Å². The third-order valence-electron chi connectivity index (χ3n) is 11.9. The van der Waals surface area contributed by atoms with Crippen molar-refractivity contribution >= 4 is 0 Å². The van der Waals surface area contributed by atoms with Crippen LogP contribution in [0.3, 0.4) is 0 Å². The zero-order valence-corrected chi connectivity index (χ0v) is 32.8. The molecule has 0 aliphatic carbocycles. The van der Waals surface area contributed by atoms with Gasteiger partial charge in [-0.1, -0.05) is 135 Å². The van der Waals surface area contributed by atoms with Gasteiger partial charge in [-0.3, -0.25) is 10.6 Å². The molecule has 0 aromatic heterocycles. The molecule has 52 heavy (non-hydrogen) atoms. The summed E-state index contributed by atoms with van der Waals surface area (Å²) in [5.41, 5.74) is 0. The van der Waals surface area contributed by atoms with E-state index >= 15 is 0 Å². The zero-order valence-electron chi connectivity index (χ0n) is 32.8. The largest absolute Gasteiger partial charge is 0.394 e. The first-order valence-electron chi connectivity index (χ1n) is 21.7. The maximum absolute atomic E-state index is 11.4. The van der Waals surface area contributed by atoms with E-state index in [0.717, 1.165) is 57.8 Å². The molecule has 308 valence electrons. The zero-order chi connectivity index (χ0) is 37.4. The highest BCUT2D eigenvalue weighted by molar-refractivity contribution is 4.93. The van der Waals surface area contributed by atoms with Crippen LogP contribution in [0.5, 0.6) is 0 Å². The molecule has 11 heteroatoms. The van der Waals surface area contributed by atoms with E-state index in [1.807, 2.05) is 0 Å². The fourth-order valence-electron chi connectivity index (χ4n) is 8.25. The van der Waals surface area contributed by atoms with Crippen molar-refractivity contribution in [2.24, 2.45) is 11.8 Å². The van der Waals surface area contributed by atoms with E-state index < -0.39 is 55.4 Å². The van der Waals surface area contributed by atoms with E-state index in [1.54, 1.807) is 0 Å². The van der Waals surface area contributed by atoms with Crippen molar-refractivity contribution in [3.8, 4) is 0 Å². The van der Waals surface area contributed by atoms with Crippen molar-refractivity contribution in [2.45, 2.75) is 216 Å². The second-order valence-corrected chi connectivity index (χ2v) is 16.3. The second-order valence-electron chi connectivity index (χ2n) is 16.3. The predicted molar refractivity (Wildman–Crippen MR) is 205 cm³/mol. The highest BCUT2D eigenvalue weighted by atomic mass is 16.7. The molecule has 8 unspecified atom stereocenters. The fourth-order valence-corrected chi connectivity index (χ4v) is 8.25. The van der Waals surface area contributed by atoms with Gasteiger partial charge in [0, 0.05) is 31.7 Å². The lowest BCUT2D eigenvalue weighted by molar-refractivity contribution is -0.305. The quantitative estimate of drug-likeness (QED) is 0.0447. The number of hydrogen-bond acceptors (Lipinski definition) is 11. The van der Waals surface area contributed by atoms with Crippen LogP contribution >= 0.6 is 0 Å². The number of nitrogens with one attached hydrogen (secondary N) is 2. The fraction of sp³-hybridized carbons (Fsp3) is 1.00. The molecule has 0 aromatic carbocycles. The number of aliphatic hydroxyl groups excluding tert-OH is 6. The Balaban J connectivity index is 1.37. The van der Waals surface area contributed by atoms with Gasteiger partial charge in [-0.25, -0.2) is 0 Å². The summed E-state index contributed by atoms with van der Waals surface area (Å²) in [7, 11) is 0. The van der Waals surface area contributed by atoms with Crippen molar-refractivity contribution in [1.82, 2.24) is 10.6 Å². The van der Waals surface area contributed by atoms with Crippen LogP contribution in [0.2, 0.25) is 0 Å². The summed E-state index contributed by atoms with van der Waals surface area (Å²) in [6.07, 6.45) is 19.7. The van der Waals surface area contributed by atoms with Gasteiger partial charge in [0.1, 0.15) is 24.4 Å². The first-order chi connectivity index (χ1) is 25.3. The molecule has 11 atom stereocenters. The topological polar surface area (TPSA) is 173 Å². The van der Waals surface area contributed by atoms with E-state index in [4.69, 9.17) is 14.2 Å². The summed E-state index contributed by atoms with van der Waals surface area (Å²) in [6, 6.07) is 0.236. The van der Waals surface area contributed by atoms with Crippen molar-refractivity contribution in [3.05, 3.63) is 0 Å². The second kappa shape index (κ2) is 28.0. The number of unbranched alkanes of at least 4 members (excludes halogenated alkanes) is 18. The van der Waals surface area contributed by atoms with Gasteiger partial charge in [0.05, 0.1) is 31.6 Å². The highest BCUT2D eigenvalue weighted by Gasteiger charge is 2.45. The average Bonchev–Trinajstić information content (AvgIpc) is 3.85. The molecule has 11 nitrogen and oxygen atoms in total. The summed E-state index contributed by atoms with van der Waals surface area (Å²) in [5.74, 6) is 0.229. The molecular formula is C41H80N2O9. The molecule has 0 aromatic rings. The summed E-state index contributed by atoms with van der Waals surface area (Å²) >= 11 is 0. The van der Waals surface area contributed by atoms with Crippen LogP contribution in [0.25, 0.3) is 0 Å². The molecule has 3 saturated heterocycles. The van der Waals surface area contributed by atoms with E-state index in [-0.39, 0.29) is 18.8 Å². The molecule has 3 heterocycles. The van der Waals surface area contributed by atoms with Crippen molar-refractivity contribution in [2.75, 3.05) is 33.0 Å². The minimum atomic E-state index is -1.54. The summed E-state index contributed by atoms with van der Waals surface area (Å²) in [4.78, 5) is 0. The average molecular weight is 745 g/mol. The SMILES string of the molecule is CCCCCCCCCCCCCC[C@@H](O)[C@@H](O)[C@H](COC1OC(CO)C(O)C(O)C1O)C1NCC(CCCCCCCCCCC2CCOC2)N1. The Morgan fingerprint density at radius 2 is 1.29 bits per heavy atom. The number of rotatable bonds is 31. The lowest BCUT2D eigenvalue weighted by Crippen LogP contribution is -2.60. The molecule has 3 aliphatic heterocycles. The van der Waals surface area contributed by atoms with Crippen molar-refractivity contribution in [1.29, 1.82) is 0 Å². The molecule has 0 radical (unpaired) electrons. The number of aliphatic hydroxyl groups is 6. The van der Waals surface area contributed by atoms with Crippen LogP contribution in [-0.2, 0) is 14.2 Å². The Bertz CT molecular complexity index is 851. The van der Waals surface area contributed by atoms with E-state index in [9.17, 15) is 30.6 Å². The number of ether oxygens (including phenoxy) is 3. The third-order valence-corrected chi connectivity index (χ3v) is 11.9. The third kappa shape index (κ3) is 17.6. The van der Waals surface area contributed by atoms with Crippen LogP contribution in [0.1, 0.15) is 161 Å². The minimum absolute atomic E-state index is 0.0643. The standard InChI is InChI=1S/C41H80N2O9/c1-2-3-4-5-6-7-8-9-10-15-18-21-24-34(45)36(46)33(30-51-41-39(49)38(48)37(47)35(28-44)52-41)40-42-27-32(43-40)23-20-17-14-12-11-13-16-19-22-31-25-26-50-29-31/h31-49H,2-30H2,1H3/t31?,32?,33-,34+,35?,36-,37?,38?,39?,40?,41?/m0/s1. The van der Waals surface area contributed by atoms with Gasteiger partial charge in [0.25, 0.3) is 0 Å². The van der Waals surface area contributed by atoms with Gasteiger partial charge in [0.15, 0.2) is 6.29 Å². The Labute approximate surface area is 316 Å². The Morgan fingerprint density at radius 3 is 1.87 bits per heavy atom. The molecule has 3 fully saturated rings. The smallest absolute Gasteiger partial charge is 0.186 e. The first kappa shape index (κ1) is 45.9. The normalized spacial score (nSPS) is 29.8. The first-order valence-corrected chi connectivity index (χ1v) is 21.7. The molecule has 0 amide bonds. The van der Waals surface area contributed by atoms with E-state index in [1.165, 1.54) is 116 Å². The molecule has 3 rings (SSSR count). The maximum atomic E-state index is 11.4. The molecule has 8 N–H and O–H groups in total. The van der Waals surface area contributed by atoms with Gasteiger partial charge < -0.3 is 44.8 Å². The van der Waals surface area contributed by atoms with Crippen molar-refractivity contribution in [3.63, 3.8) is 0 Å². The summed E-state index contributed by atoms with van der Waals surface area (Å²) < 4.78 is 17.0. The molecular weight excluding hydrogens is 664 g/mol. The van der Waals surface area contributed by atoms with Gasteiger partial charge in [-0.05, 0) is 31.6 Å². The van der Waals surface area contributed by atoms with Crippen LogP contribution in [0.4, 0.5) is 0 Å². The van der Waals surface area contributed by atoms with Gasteiger partial charge >= 0.3 is 0 Å². The van der Waals surface area contributed by atoms with Crippen molar-refractivity contribution < 1.29 is 44.8 Å². The lowest BCUT2D eigenvalue weighted by atomic mass is 9.92. The van der Waals surface area contributed by atoms with Crippen LogP contribution in [0, 0.1) is 11.8 Å². The van der Waals surface area contributed by atoms with Crippen LogP contribution in [-0.4, -0.2) is 119 Å². The molecule has 0 bridgehead atoms. The van der Waals surface area contributed by atoms with E-state index in [0.29, 0.717) is 6.42 Å². The highest BCUT2D eigenvalue weighted by Crippen LogP contribution is 2.26. The Hall–Kier alpha value is -0.440. The summed E-state index contributed by atoms with van der Waals surface area (Å²) in [6.45, 7) is 4.30. The Morgan fingerprint density at radius 1 is 0.712 bits per heavy atom. The molecule has 3 aliphatic rings. The Kier molecular flexibility index (Phi) is 24.8. The van der Waals surface area contributed by atoms with Crippen LogP contribution in [0.15, 0.2) is 0 Å². The minimum Gasteiger partial charge on any atom is -0.394 e.